The van der Waals surface area contributed by atoms with Crippen LogP contribution in [0.5, 0.6) is 0 Å². The Labute approximate surface area is 128 Å². The smallest absolute Gasteiger partial charge is 0.243 e. The van der Waals surface area contributed by atoms with Crippen molar-refractivity contribution in [2.24, 2.45) is 0 Å². The van der Waals surface area contributed by atoms with E-state index in [1.54, 1.807) is 13.8 Å². The Morgan fingerprint density at radius 1 is 1.15 bits per heavy atom. The van der Waals surface area contributed by atoms with Gasteiger partial charge in [0.25, 0.3) is 0 Å². The molecule has 0 aliphatic heterocycles. The normalized spacial score (nSPS) is 12.6. The van der Waals surface area contributed by atoms with E-state index < -0.39 is 20.0 Å². The number of nitrogens with zero attached hydrogens (tertiary/aromatic N) is 1. The highest BCUT2D eigenvalue weighted by Crippen LogP contribution is 2.20. The molecule has 0 saturated heterocycles. The minimum absolute atomic E-state index is 0.0657. The summed E-state index contributed by atoms with van der Waals surface area (Å²) < 4.78 is 50.9. The first-order valence-corrected chi connectivity index (χ1v) is 10.1. The predicted octanol–water partition coefficient (Wildman–Crippen LogP) is 1.81. The molecule has 0 radical (unpaired) electrons. The highest BCUT2D eigenvalue weighted by atomic mass is 79.9. The summed E-state index contributed by atoms with van der Waals surface area (Å²) in [6, 6.07) is 5.76. The molecule has 114 valence electrons. The zero-order chi connectivity index (χ0) is 15.4. The van der Waals surface area contributed by atoms with E-state index in [-0.39, 0.29) is 15.2 Å². The predicted molar refractivity (Wildman–Crippen MR) is 82.9 cm³/mol. The molecule has 0 fully saturated rings. The van der Waals surface area contributed by atoms with Crippen LogP contribution in [0, 0.1) is 0 Å². The lowest BCUT2D eigenvalue weighted by Gasteiger charge is -2.18. The number of benzene rings is 1. The van der Waals surface area contributed by atoms with Crippen LogP contribution in [0.2, 0.25) is 0 Å². The van der Waals surface area contributed by atoms with Crippen LogP contribution in [-0.2, 0) is 20.0 Å². The average Bonchev–Trinajstić information content (AvgIpc) is 2.39. The van der Waals surface area contributed by atoms with Gasteiger partial charge in [-0.25, -0.2) is 16.8 Å². The zero-order valence-corrected chi connectivity index (χ0v) is 14.4. The van der Waals surface area contributed by atoms with Gasteiger partial charge in [0.1, 0.15) is 4.66 Å². The minimum Gasteiger partial charge on any atom is -0.283 e. The van der Waals surface area contributed by atoms with Gasteiger partial charge in [-0.3, -0.25) is 4.72 Å². The molecule has 1 aromatic rings. The third-order valence-electron chi connectivity index (χ3n) is 2.59. The van der Waals surface area contributed by atoms with E-state index in [0.29, 0.717) is 13.1 Å². The summed E-state index contributed by atoms with van der Waals surface area (Å²) in [5, 5.41) is 0. The molecule has 0 aliphatic rings. The topological polar surface area (TPSA) is 83.6 Å². The van der Waals surface area contributed by atoms with E-state index in [1.165, 1.54) is 28.6 Å². The molecule has 0 bridgehead atoms. The molecule has 9 heteroatoms. The van der Waals surface area contributed by atoms with E-state index in [4.69, 9.17) is 0 Å². The number of rotatable bonds is 7. The summed E-state index contributed by atoms with van der Waals surface area (Å²) in [6.07, 6.45) is 0. The molecule has 0 heterocycles. The summed E-state index contributed by atoms with van der Waals surface area (Å²) in [4.78, 5) is 0.0657. The Morgan fingerprint density at radius 3 is 2.25 bits per heavy atom. The second kappa shape index (κ2) is 6.88. The van der Waals surface area contributed by atoms with Gasteiger partial charge in [0.15, 0.2) is 0 Å². The number of sulfonamides is 2. The average molecular weight is 385 g/mol. The fourth-order valence-electron chi connectivity index (χ4n) is 1.64. The molecule has 0 atom stereocenters. The first kappa shape index (κ1) is 17.4. The standard InChI is InChI=1S/C11H17BrN2O4S2/c1-3-14(4-2)20(17,18)11-7-5-6-10(8-11)13-19(15,16)9-12/h5-8,13H,3-4,9H2,1-2H3. The molecule has 0 unspecified atom stereocenters. The first-order valence-electron chi connectivity index (χ1n) is 5.93. The summed E-state index contributed by atoms with van der Waals surface area (Å²) in [6.45, 7) is 4.21. The number of halogens is 1. The maximum absolute atomic E-state index is 12.3. The molecule has 0 aromatic heterocycles. The molecule has 20 heavy (non-hydrogen) atoms. The fraction of sp³-hybridized carbons (Fsp3) is 0.455. The third kappa shape index (κ3) is 4.18. The summed E-state index contributed by atoms with van der Waals surface area (Å²) >= 11 is 2.86. The third-order valence-corrected chi connectivity index (χ3v) is 7.28. The second-order valence-corrected chi connectivity index (χ2v) is 8.91. The van der Waals surface area contributed by atoms with Crippen LogP contribution >= 0.6 is 15.9 Å². The SMILES string of the molecule is CCN(CC)S(=O)(=O)c1cccc(NS(=O)(=O)CBr)c1. The maximum atomic E-state index is 12.3. The van der Waals surface area contributed by atoms with Crippen molar-refractivity contribution in [2.45, 2.75) is 18.7 Å². The Hall–Kier alpha value is -0.640. The molecular weight excluding hydrogens is 368 g/mol. The van der Waals surface area contributed by atoms with Gasteiger partial charge >= 0.3 is 0 Å². The zero-order valence-electron chi connectivity index (χ0n) is 11.2. The van der Waals surface area contributed by atoms with Crippen molar-refractivity contribution in [1.82, 2.24) is 4.31 Å². The summed E-state index contributed by atoms with van der Waals surface area (Å²) in [5.41, 5.74) is 0.220. The molecule has 0 saturated carbocycles. The van der Waals surface area contributed by atoms with Crippen LogP contribution in [0.25, 0.3) is 0 Å². The van der Waals surface area contributed by atoms with Crippen molar-refractivity contribution in [3.63, 3.8) is 0 Å². The van der Waals surface area contributed by atoms with Gasteiger partial charge in [-0.2, -0.15) is 4.31 Å². The lowest BCUT2D eigenvalue weighted by Crippen LogP contribution is -2.30. The molecule has 1 rings (SSSR count). The lowest BCUT2D eigenvalue weighted by molar-refractivity contribution is 0.445. The number of hydrogen-bond acceptors (Lipinski definition) is 4. The highest BCUT2D eigenvalue weighted by Gasteiger charge is 2.22. The van der Waals surface area contributed by atoms with Crippen LogP contribution in [0.1, 0.15) is 13.8 Å². The van der Waals surface area contributed by atoms with Crippen LogP contribution in [-0.4, -0.2) is 38.9 Å². The Bertz CT molecular complexity index is 655. The van der Waals surface area contributed by atoms with Crippen molar-refractivity contribution < 1.29 is 16.8 Å². The number of alkyl halides is 1. The molecule has 0 amide bonds. The first-order chi connectivity index (χ1) is 9.26. The maximum Gasteiger partial charge on any atom is 0.243 e. The van der Waals surface area contributed by atoms with Crippen molar-refractivity contribution in [3.05, 3.63) is 24.3 Å². The summed E-state index contributed by atoms with van der Waals surface area (Å²) in [7, 11) is -7.11. The van der Waals surface area contributed by atoms with Gasteiger partial charge in [-0.1, -0.05) is 35.8 Å². The van der Waals surface area contributed by atoms with E-state index in [1.807, 2.05) is 0 Å². The van der Waals surface area contributed by atoms with Crippen molar-refractivity contribution in [3.8, 4) is 0 Å². The summed E-state index contributed by atoms with van der Waals surface area (Å²) in [5.74, 6) is 0. The Balaban J connectivity index is 3.17. The molecule has 1 aromatic carbocycles. The number of nitrogens with one attached hydrogen (secondary N) is 1. The Kier molecular flexibility index (Phi) is 5.99. The van der Waals surface area contributed by atoms with Gasteiger partial charge in [0, 0.05) is 18.8 Å². The monoisotopic (exact) mass is 384 g/mol. The number of anilines is 1. The van der Waals surface area contributed by atoms with Crippen LogP contribution in [0.15, 0.2) is 29.2 Å². The molecule has 0 aliphatic carbocycles. The molecule has 0 spiro atoms. The van der Waals surface area contributed by atoms with E-state index >= 15 is 0 Å². The van der Waals surface area contributed by atoms with E-state index in [9.17, 15) is 16.8 Å². The largest absolute Gasteiger partial charge is 0.283 e. The van der Waals surface area contributed by atoms with Crippen molar-refractivity contribution in [1.29, 1.82) is 0 Å². The van der Waals surface area contributed by atoms with Gasteiger partial charge in [0.2, 0.25) is 20.0 Å². The molecule has 6 nitrogen and oxygen atoms in total. The van der Waals surface area contributed by atoms with Gasteiger partial charge < -0.3 is 0 Å². The number of hydrogen-bond donors (Lipinski definition) is 1. The van der Waals surface area contributed by atoms with E-state index in [2.05, 4.69) is 20.7 Å². The lowest BCUT2D eigenvalue weighted by atomic mass is 10.3. The second-order valence-electron chi connectivity index (χ2n) is 3.94. The highest BCUT2D eigenvalue weighted by molar-refractivity contribution is 9.10. The molecular formula is C11H17BrN2O4S2. The molecule has 1 N–H and O–H groups in total. The van der Waals surface area contributed by atoms with Crippen LogP contribution < -0.4 is 4.72 Å². The van der Waals surface area contributed by atoms with Gasteiger partial charge in [0.05, 0.1) is 4.90 Å². The van der Waals surface area contributed by atoms with E-state index in [0.717, 1.165) is 0 Å². The quantitative estimate of drug-likeness (QED) is 0.726. The fourth-order valence-corrected chi connectivity index (χ4v) is 4.03. The van der Waals surface area contributed by atoms with Crippen LogP contribution in [0.3, 0.4) is 0 Å². The minimum atomic E-state index is -3.60. The van der Waals surface area contributed by atoms with Gasteiger partial charge in [-0.05, 0) is 18.2 Å². The van der Waals surface area contributed by atoms with Crippen molar-refractivity contribution in [2.75, 3.05) is 22.5 Å². The van der Waals surface area contributed by atoms with Gasteiger partial charge in [-0.15, -0.1) is 0 Å². The Morgan fingerprint density at radius 2 is 1.75 bits per heavy atom. The van der Waals surface area contributed by atoms with Crippen LogP contribution in [0.4, 0.5) is 5.69 Å². The van der Waals surface area contributed by atoms with Crippen molar-refractivity contribution >= 4 is 41.7 Å².